The molecule has 2 heterocycles. The average molecular weight is 388 g/mol. The van der Waals surface area contributed by atoms with E-state index in [4.69, 9.17) is 0 Å². The fourth-order valence-corrected chi connectivity index (χ4v) is 3.46. The lowest BCUT2D eigenvalue weighted by molar-refractivity contribution is 0.102. The van der Waals surface area contributed by atoms with Gasteiger partial charge in [0.05, 0.1) is 29.5 Å². The Morgan fingerprint density at radius 1 is 1.14 bits per heavy atom. The highest BCUT2D eigenvalue weighted by Gasteiger charge is 2.15. The van der Waals surface area contributed by atoms with E-state index in [1.165, 1.54) is 6.07 Å². The van der Waals surface area contributed by atoms with Crippen molar-refractivity contribution in [1.29, 1.82) is 0 Å². The fraction of sp³-hybridized carbons (Fsp3) is 0.130. The predicted octanol–water partition coefficient (Wildman–Crippen LogP) is 5.09. The topological polar surface area (TPSA) is 62.7 Å². The first kappa shape index (κ1) is 18.7. The number of imidazole rings is 1. The summed E-state index contributed by atoms with van der Waals surface area (Å²) in [5.41, 5.74) is 6.41. The molecule has 2 N–H and O–H groups in total. The molecule has 0 aliphatic carbocycles. The maximum Gasteiger partial charge on any atom is 0.258 e. The zero-order valence-corrected chi connectivity index (χ0v) is 16.5. The number of hydrogen-bond donors (Lipinski definition) is 2. The Morgan fingerprint density at radius 2 is 1.90 bits per heavy atom. The predicted molar refractivity (Wildman–Crippen MR) is 112 cm³/mol. The Labute approximate surface area is 168 Å². The first-order valence-corrected chi connectivity index (χ1v) is 9.27. The van der Waals surface area contributed by atoms with Gasteiger partial charge in [-0.15, -0.1) is 0 Å². The average Bonchev–Trinajstić information content (AvgIpc) is 3.27. The number of rotatable bonds is 4. The summed E-state index contributed by atoms with van der Waals surface area (Å²) in [6, 6.07) is 14.2. The van der Waals surface area contributed by atoms with Gasteiger partial charge in [-0.2, -0.15) is 0 Å². The number of aryl methyl sites for hydroxylation is 3. The standard InChI is InChI=1S/C23H21FN4O/c1-14-5-4-6-19(24)22(14)23(29)27-17-9-7-16(8-10-17)18-11-20(26-15(18)2)21-12-25-13-28(21)3/h4-13,26H,1-3H3,(H,27,29). The van der Waals surface area contributed by atoms with Crippen LogP contribution in [0.1, 0.15) is 21.6 Å². The summed E-state index contributed by atoms with van der Waals surface area (Å²) in [6.07, 6.45) is 3.58. The van der Waals surface area contributed by atoms with E-state index in [2.05, 4.69) is 21.4 Å². The third kappa shape index (κ3) is 3.57. The molecule has 0 aliphatic rings. The van der Waals surface area contributed by atoms with Crippen LogP contribution >= 0.6 is 0 Å². The van der Waals surface area contributed by atoms with Gasteiger partial charge in [0.1, 0.15) is 5.82 Å². The summed E-state index contributed by atoms with van der Waals surface area (Å²) < 4.78 is 16.0. The van der Waals surface area contributed by atoms with Gasteiger partial charge >= 0.3 is 0 Å². The molecule has 0 unspecified atom stereocenters. The van der Waals surface area contributed by atoms with E-state index in [-0.39, 0.29) is 5.56 Å². The van der Waals surface area contributed by atoms with Gasteiger partial charge in [0.15, 0.2) is 0 Å². The first-order valence-electron chi connectivity index (χ1n) is 9.27. The van der Waals surface area contributed by atoms with E-state index in [1.807, 2.05) is 49.0 Å². The van der Waals surface area contributed by atoms with Gasteiger partial charge in [0, 0.05) is 24.0 Å². The van der Waals surface area contributed by atoms with Crippen LogP contribution in [-0.2, 0) is 7.05 Å². The third-order valence-electron chi connectivity index (χ3n) is 5.01. The van der Waals surface area contributed by atoms with E-state index in [1.54, 1.807) is 25.4 Å². The Balaban J connectivity index is 1.57. The number of carbonyl (C=O) groups excluding carboxylic acids is 1. The quantitative estimate of drug-likeness (QED) is 0.511. The van der Waals surface area contributed by atoms with Gasteiger partial charge < -0.3 is 14.9 Å². The molecule has 0 fully saturated rings. The third-order valence-corrected chi connectivity index (χ3v) is 5.01. The van der Waals surface area contributed by atoms with Crippen LogP contribution in [0.4, 0.5) is 10.1 Å². The van der Waals surface area contributed by atoms with Crippen molar-refractivity contribution in [2.75, 3.05) is 5.32 Å². The van der Waals surface area contributed by atoms with E-state index in [9.17, 15) is 9.18 Å². The second-order valence-corrected chi connectivity index (χ2v) is 7.07. The van der Waals surface area contributed by atoms with Crippen molar-refractivity contribution in [2.45, 2.75) is 13.8 Å². The van der Waals surface area contributed by atoms with Gasteiger partial charge in [-0.1, -0.05) is 24.3 Å². The van der Waals surface area contributed by atoms with Gasteiger partial charge in [-0.05, 0) is 49.2 Å². The minimum absolute atomic E-state index is 0.0684. The number of anilines is 1. The maximum atomic E-state index is 14.0. The molecule has 4 aromatic rings. The normalized spacial score (nSPS) is 10.9. The molecule has 0 saturated carbocycles. The van der Waals surface area contributed by atoms with Crippen molar-refractivity contribution in [2.24, 2.45) is 7.05 Å². The first-order chi connectivity index (χ1) is 13.9. The number of nitrogens with one attached hydrogen (secondary N) is 2. The molecule has 4 rings (SSSR count). The SMILES string of the molecule is Cc1cccc(F)c1C(=O)Nc1ccc(-c2cc(-c3cncn3C)[nH]c2C)cc1. The molecule has 1 amide bonds. The molecular weight excluding hydrogens is 367 g/mol. The zero-order chi connectivity index (χ0) is 20.5. The van der Waals surface area contributed by atoms with Gasteiger partial charge in [0.2, 0.25) is 0 Å². The number of H-pyrrole nitrogens is 1. The molecule has 0 radical (unpaired) electrons. The molecule has 6 heteroatoms. The van der Waals surface area contributed by atoms with E-state index in [0.29, 0.717) is 11.3 Å². The Morgan fingerprint density at radius 3 is 2.55 bits per heavy atom. The Kier molecular flexibility index (Phi) is 4.76. The highest BCUT2D eigenvalue weighted by atomic mass is 19.1. The van der Waals surface area contributed by atoms with Crippen LogP contribution in [0.15, 0.2) is 61.1 Å². The second-order valence-electron chi connectivity index (χ2n) is 7.07. The number of aromatic nitrogens is 3. The van der Waals surface area contributed by atoms with E-state index >= 15 is 0 Å². The lowest BCUT2D eigenvalue weighted by Gasteiger charge is -2.09. The van der Waals surface area contributed by atoms with Crippen molar-refractivity contribution in [1.82, 2.24) is 14.5 Å². The number of nitrogens with zero attached hydrogens (tertiary/aromatic N) is 2. The number of halogens is 1. The maximum absolute atomic E-state index is 14.0. The van der Waals surface area contributed by atoms with Crippen molar-refractivity contribution in [3.05, 3.63) is 83.7 Å². The van der Waals surface area contributed by atoms with E-state index < -0.39 is 11.7 Å². The summed E-state index contributed by atoms with van der Waals surface area (Å²) in [5.74, 6) is -0.977. The van der Waals surface area contributed by atoms with Crippen molar-refractivity contribution >= 4 is 11.6 Å². The molecule has 0 saturated heterocycles. The fourth-order valence-electron chi connectivity index (χ4n) is 3.46. The molecule has 2 aromatic carbocycles. The molecule has 146 valence electrons. The van der Waals surface area contributed by atoms with Crippen LogP contribution in [-0.4, -0.2) is 20.4 Å². The summed E-state index contributed by atoms with van der Waals surface area (Å²) in [6.45, 7) is 3.74. The molecular formula is C23H21FN4O. The number of hydrogen-bond acceptors (Lipinski definition) is 2. The van der Waals surface area contributed by atoms with Crippen LogP contribution < -0.4 is 5.32 Å². The number of amides is 1. The van der Waals surface area contributed by atoms with Gasteiger partial charge in [-0.25, -0.2) is 9.37 Å². The molecule has 0 atom stereocenters. The largest absolute Gasteiger partial charge is 0.357 e. The summed E-state index contributed by atoms with van der Waals surface area (Å²) >= 11 is 0. The lowest BCUT2D eigenvalue weighted by atomic mass is 10.0. The minimum Gasteiger partial charge on any atom is -0.357 e. The van der Waals surface area contributed by atoms with Crippen LogP contribution in [0.25, 0.3) is 22.5 Å². The van der Waals surface area contributed by atoms with Crippen LogP contribution in [0.5, 0.6) is 0 Å². The van der Waals surface area contributed by atoms with Crippen molar-refractivity contribution in [3.63, 3.8) is 0 Å². The highest BCUT2D eigenvalue weighted by molar-refractivity contribution is 6.05. The van der Waals surface area contributed by atoms with Crippen LogP contribution in [0.2, 0.25) is 0 Å². The summed E-state index contributed by atoms with van der Waals surface area (Å²) in [4.78, 5) is 20.0. The molecule has 29 heavy (non-hydrogen) atoms. The zero-order valence-electron chi connectivity index (χ0n) is 16.5. The minimum atomic E-state index is -0.523. The molecule has 0 spiro atoms. The number of benzene rings is 2. The lowest BCUT2D eigenvalue weighted by Crippen LogP contribution is -2.15. The van der Waals surface area contributed by atoms with Crippen LogP contribution in [0.3, 0.4) is 0 Å². The molecule has 5 nitrogen and oxygen atoms in total. The molecule has 0 aliphatic heterocycles. The Bertz CT molecular complexity index is 1170. The molecule has 0 bridgehead atoms. The number of carbonyl (C=O) groups is 1. The highest BCUT2D eigenvalue weighted by Crippen LogP contribution is 2.30. The number of aromatic amines is 1. The second kappa shape index (κ2) is 7.39. The Hall–Kier alpha value is -3.67. The molecule has 2 aromatic heterocycles. The van der Waals surface area contributed by atoms with Gasteiger partial charge in [0.25, 0.3) is 5.91 Å². The van der Waals surface area contributed by atoms with Gasteiger partial charge in [-0.3, -0.25) is 4.79 Å². The van der Waals surface area contributed by atoms with Crippen molar-refractivity contribution < 1.29 is 9.18 Å². The van der Waals surface area contributed by atoms with E-state index in [0.717, 1.165) is 28.2 Å². The monoisotopic (exact) mass is 388 g/mol. The summed E-state index contributed by atoms with van der Waals surface area (Å²) in [7, 11) is 1.95. The van der Waals surface area contributed by atoms with Crippen molar-refractivity contribution in [3.8, 4) is 22.5 Å². The smallest absolute Gasteiger partial charge is 0.258 e. The summed E-state index contributed by atoms with van der Waals surface area (Å²) in [5, 5.41) is 2.77. The van der Waals surface area contributed by atoms with Crippen LogP contribution in [0, 0.1) is 19.7 Å².